The van der Waals surface area contributed by atoms with Crippen molar-refractivity contribution < 1.29 is 28.2 Å². The van der Waals surface area contributed by atoms with Gasteiger partial charge in [0.1, 0.15) is 31.6 Å². The van der Waals surface area contributed by atoms with E-state index in [-0.39, 0.29) is 18.1 Å². The molecule has 43 heavy (non-hydrogen) atoms. The van der Waals surface area contributed by atoms with Crippen molar-refractivity contribution in [3.63, 3.8) is 0 Å². The molecule has 4 aromatic rings. The van der Waals surface area contributed by atoms with Crippen molar-refractivity contribution in [1.29, 1.82) is 0 Å². The van der Waals surface area contributed by atoms with Crippen LogP contribution in [0, 0.1) is 5.92 Å². The molecular formula is C33H30Cl4N2O4+2. The van der Waals surface area contributed by atoms with Crippen LogP contribution in [0.25, 0.3) is 10.8 Å². The molecule has 0 fully saturated rings. The molecule has 0 bridgehead atoms. The Morgan fingerprint density at radius 1 is 0.721 bits per heavy atom. The molecule has 0 N–H and O–H groups in total. The lowest BCUT2D eigenvalue weighted by molar-refractivity contribution is -0.687. The fourth-order valence-corrected chi connectivity index (χ4v) is 6.88. The number of halogens is 4. The van der Waals surface area contributed by atoms with E-state index in [1.54, 1.807) is 52.3 Å². The molecule has 0 spiro atoms. The SMILES string of the molecule is COC(=O)C(C)C.COc1cc(Cl)c([N+]2=C3C(=[N+](c4c(Cl)cc(OC)cc4Cl)C2C)c2cccc4cccc3c24)c(Cl)c1. The molecule has 0 saturated carbocycles. The summed E-state index contributed by atoms with van der Waals surface area (Å²) >= 11 is 27.4. The summed E-state index contributed by atoms with van der Waals surface area (Å²) in [6.07, 6.45) is -0.259. The third kappa shape index (κ3) is 5.35. The summed E-state index contributed by atoms with van der Waals surface area (Å²) < 4.78 is 19.5. The van der Waals surface area contributed by atoms with E-state index in [9.17, 15) is 4.79 Å². The minimum absolute atomic E-state index is 0.00463. The molecule has 2 aliphatic rings. The number of carbonyl (C=O) groups is 1. The van der Waals surface area contributed by atoms with Crippen LogP contribution < -0.4 is 9.47 Å². The van der Waals surface area contributed by atoms with E-state index in [1.165, 1.54) is 7.11 Å². The third-order valence-corrected chi connectivity index (χ3v) is 8.63. The van der Waals surface area contributed by atoms with Gasteiger partial charge in [-0.15, -0.1) is 9.15 Å². The minimum atomic E-state index is -0.259. The molecule has 6 nitrogen and oxygen atoms in total. The molecule has 0 unspecified atom stereocenters. The summed E-state index contributed by atoms with van der Waals surface area (Å²) in [5.74, 6) is 1.03. The number of methoxy groups -OCH3 is 3. The summed E-state index contributed by atoms with van der Waals surface area (Å²) in [6, 6.07) is 19.7. The van der Waals surface area contributed by atoms with Gasteiger partial charge in [0.15, 0.2) is 0 Å². The number of rotatable bonds is 5. The molecule has 222 valence electrons. The summed E-state index contributed by atoms with van der Waals surface area (Å²) in [5, 5.41) is 4.23. The number of benzene rings is 4. The second-order valence-corrected chi connectivity index (χ2v) is 12.0. The van der Waals surface area contributed by atoms with E-state index < -0.39 is 0 Å². The van der Waals surface area contributed by atoms with Crippen LogP contribution in [-0.2, 0) is 9.53 Å². The van der Waals surface area contributed by atoms with Crippen molar-refractivity contribution in [3.05, 3.63) is 91.9 Å². The van der Waals surface area contributed by atoms with Gasteiger partial charge in [0.25, 0.3) is 11.4 Å². The zero-order valence-electron chi connectivity index (χ0n) is 24.5. The van der Waals surface area contributed by atoms with E-state index in [4.69, 9.17) is 55.9 Å². The molecule has 1 aliphatic carbocycles. The van der Waals surface area contributed by atoms with Crippen LogP contribution in [0.15, 0.2) is 60.7 Å². The predicted molar refractivity (Wildman–Crippen MR) is 174 cm³/mol. The Kier molecular flexibility index (Phi) is 8.96. The number of esters is 1. The lowest BCUT2D eigenvalue weighted by Crippen LogP contribution is -2.27. The van der Waals surface area contributed by atoms with Crippen LogP contribution >= 0.6 is 46.4 Å². The molecule has 0 amide bonds. The molecule has 1 heterocycles. The van der Waals surface area contributed by atoms with Crippen LogP contribution in [0.5, 0.6) is 11.5 Å². The normalized spacial score (nSPS) is 13.8. The van der Waals surface area contributed by atoms with Gasteiger partial charge in [-0.1, -0.05) is 84.5 Å². The average molecular weight is 660 g/mol. The van der Waals surface area contributed by atoms with E-state index in [1.807, 2.05) is 0 Å². The largest absolute Gasteiger partial charge is 0.497 e. The van der Waals surface area contributed by atoms with Gasteiger partial charge in [-0.25, -0.2) is 0 Å². The molecule has 1 aliphatic heterocycles. The van der Waals surface area contributed by atoms with Crippen molar-refractivity contribution in [1.82, 2.24) is 0 Å². The molecule has 0 radical (unpaired) electrons. The summed E-state index contributed by atoms with van der Waals surface area (Å²) in [4.78, 5) is 10.3. The number of ether oxygens (including phenoxy) is 3. The number of hydrogen-bond donors (Lipinski definition) is 0. The van der Waals surface area contributed by atoms with Gasteiger partial charge in [-0.05, 0) is 17.5 Å². The van der Waals surface area contributed by atoms with Gasteiger partial charge in [-0.2, -0.15) is 0 Å². The second kappa shape index (κ2) is 12.4. The maximum atomic E-state index is 10.3. The van der Waals surface area contributed by atoms with Gasteiger partial charge in [0.2, 0.25) is 11.4 Å². The summed E-state index contributed by atoms with van der Waals surface area (Å²) in [6.45, 7) is 5.67. The Hall–Kier alpha value is -3.29. The van der Waals surface area contributed by atoms with Gasteiger partial charge in [0, 0.05) is 29.7 Å². The second-order valence-electron chi connectivity index (χ2n) is 10.3. The highest BCUT2D eigenvalue weighted by Crippen LogP contribution is 2.46. The Labute approximate surface area is 270 Å². The standard InChI is InChI=1S/C28H20Cl4N2O2.C5H10O2/c1-14-33(27-20(29)10-16(35-2)11-21(27)30)25-18-8-4-6-15-7-5-9-19(24(15)18)26(25)34(14)28-22(31)12-17(36-3)13-23(28)32;1-4(2)5(6)7-3/h4-14H,1-3H3;4H,1-3H3/q+2;. The Balaban J connectivity index is 0.000000472. The summed E-state index contributed by atoms with van der Waals surface area (Å²) in [5.41, 5.74) is 5.55. The third-order valence-electron chi connectivity index (χ3n) is 7.48. The van der Waals surface area contributed by atoms with Gasteiger partial charge >= 0.3 is 12.1 Å². The highest BCUT2D eigenvalue weighted by molar-refractivity contribution is 6.58. The van der Waals surface area contributed by atoms with Gasteiger partial charge in [-0.3, -0.25) is 4.79 Å². The predicted octanol–water partition coefficient (Wildman–Crippen LogP) is 8.93. The molecule has 0 atom stereocenters. The smallest absolute Gasteiger partial charge is 0.352 e. The highest BCUT2D eigenvalue weighted by Gasteiger charge is 2.55. The first-order chi connectivity index (χ1) is 20.5. The van der Waals surface area contributed by atoms with Gasteiger partial charge in [0.05, 0.1) is 45.3 Å². The first-order valence-electron chi connectivity index (χ1n) is 13.5. The molecular weight excluding hydrogens is 630 g/mol. The number of carbonyl (C=O) groups excluding carboxylic acids is 1. The maximum absolute atomic E-state index is 10.3. The van der Waals surface area contributed by atoms with Crippen molar-refractivity contribution in [2.24, 2.45) is 5.92 Å². The Bertz CT molecular complexity index is 1680. The van der Waals surface area contributed by atoms with Crippen molar-refractivity contribution in [2.45, 2.75) is 26.9 Å². The molecule has 6 rings (SSSR count). The van der Waals surface area contributed by atoms with Crippen molar-refractivity contribution >= 4 is 85.9 Å². The van der Waals surface area contributed by atoms with E-state index in [0.29, 0.717) is 43.0 Å². The zero-order valence-corrected chi connectivity index (χ0v) is 27.5. The van der Waals surface area contributed by atoms with Crippen LogP contribution in [0.4, 0.5) is 11.4 Å². The zero-order chi connectivity index (χ0) is 31.2. The van der Waals surface area contributed by atoms with Crippen LogP contribution in [0.3, 0.4) is 0 Å². The van der Waals surface area contributed by atoms with Crippen LogP contribution in [0.2, 0.25) is 20.1 Å². The Morgan fingerprint density at radius 2 is 1.12 bits per heavy atom. The maximum Gasteiger partial charge on any atom is 0.352 e. The van der Waals surface area contributed by atoms with E-state index in [2.05, 4.69) is 57.2 Å². The number of hydrogen-bond acceptors (Lipinski definition) is 4. The fourth-order valence-electron chi connectivity index (χ4n) is 5.58. The Morgan fingerprint density at radius 3 is 1.42 bits per heavy atom. The molecule has 10 heteroatoms. The molecule has 0 aromatic heterocycles. The number of fused-ring (bicyclic) bond motifs is 3. The first kappa shape index (κ1) is 31.1. The lowest BCUT2D eigenvalue weighted by Gasteiger charge is -2.12. The average Bonchev–Trinajstić information content (AvgIpc) is 3.45. The first-order valence-corrected chi connectivity index (χ1v) is 15.0. The highest BCUT2D eigenvalue weighted by atomic mass is 35.5. The van der Waals surface area contributed by atoms with E-state index in [0.717, 1.165) is 33.3 Å². The van der Waals surface area contributed by atoms with Crippen LogP contribution in [0.1, 0.15) is 31.9 Å². The topological polar surface area (TPSA) is 50.8 Å². The van der Waals surface area contributed by atoms with Crippen molar-refractivity contribution in [2.75, 3.05) is 21.3 Å². The molecule has 0 saturated heterocycles. The van der Waals surface area contributed by atoms with E-state index >= 15 is 0 Å². The quantitative estimate of drug-likeness (QED) is 0.159. The number of nitrogens with zero attached hydrogens (tertiary/aromatic N) is 2. The monoisotopic (exact) mass is 658 g/mol. The van der Waals surface area contributed by atoms with Crippen molar-refractivity contribution in [3.8, 4) is 11.5 Å². The molecule has 4 aromatic carbocycles. The lowest BCUT2D eigenvalue weighted by atomic mass is 10.0. The van der Waals surface area contributed by atoms with Gasteiger partial charge < -0.3 is 14.2 Å². The van der Waals surface area contributed by atoms with Crippen LogP contribution in [-0.4, -0.2) is 54.0 Å². The summed E-state index contributed by atoms with van der Waals surface area (Å²) in [7, 11) is 4.57. The minimum Gasteiger partial charge on any atom is -0.497 e. The fraction of sp³-hybridized carbons (Fsp3) is 0.242.